The third-order valence-corrected chi connectivity index (χ3v) is 4.58. The first kappa shape index (κ1) is 16.2. The molecule has 1 amide bonds. The second-order valence-electron chi connectivity index (χ2n) is 6.53. The zero-order valence-corrected chi connectivity index (χ0v) is 15.0. The van der Waals surface area contributed by atoms with Crippen molar-refractivity contribution >= 4 is 33.6 Å². The Morgan fingerprint density at radius 1 is 1.00 bits per heavy atom. The number of furan rings is 1. The standard InChI is InChI=1S/C21H15N5O2/c1-26-12-17(11-22-26)14-4-5-18-16(8-14)10-20(25-24-18)23-21(27)15-3-2-13-6-7-28-19(13)9-15/h2-12H,1H3,(H,23,25,27). The first-order valence-electron chi connectivity index (χ1n) is 8.71. The molecule has 0 aliphatic rings. The number of nitrogens with zero attached hydrogens (tertiary/aromatic N) is 4. The SMILES string of the molecule is Cn1cc(-c2ccc3nnc(NC(=O)c4ccc5ccoc5c4)cc3c2)cn1. The first-order chi connectivity index (χ1) is 13.7. The molecule has 0 spiro atoms. The summed E-state index contributed by atoms with van der Waals surface area (Å²) in [7, 11) is 1.88. The summed E-state index contributed by atoms with van der Waals surface area (Å²) in [6.07, 6.45) is 5.35. The third-order valence-electron chi connectivity index (χ3n) is 4.58. The maximum atomic E-state index is 12.6. The molecule has 0 atom stereocenters. The quantitative estimate of drug-likeness (QED) is 0.519. The molecule has 5 rings (SSSR count). The average molecular weight is 369 g/mol. The van der Waals surface area contributed by atoms with E-state index in [2.05, 4.69) is 20.6 Å². The highest BCUT2D eigenvalue weighted by Gasteiger charge is 2.10. The first-order valence-corrected chi connectivity index (χ1v) is 8.71. The predicted molar refractivity (Wildman–Crippen MR) is 106 cm³/mol. The highest BCUT2D eigenvalue weighted by molar-refractivity contribution is 6.06. The van der Waals surface area contributed by atoms with Gasteiger partial charge in [0.15, 0.2) is 5.82 Å². The van der Waals surface area contributed by atoms with E-state index in [0.29, 0.717) is 17.0 Å². The number of hydrogen-bond donors (Lipinski definition) is 1. The Morgan fingerprint density at radius 3 is 2.79 bits per heavy atom. The van der Waals surface area contributed by atoms with Crippen molar-refractivity contribution < 1.29 is 9.21 Å². The second kappa shape index (κ2) is 6.31. The normalized spacial score (nSPS) is 11.2. The molecule has 7 heteroatoms. The van der Waals surface area contributed by atoms with Gasteiger partial charge in [-0.05, 0) is 42.0 Å². The molecule has 5 aromatic rings. The lowest BCUT2D eigenvalue weighted by molar-refractivity contribution is 0.102. The Balaban J connectivity index is 1.45. The number of rotatable bonds is 3. The van der Waals surface area contributed by atoms with Gasteiger partial charge in [-0.2, -0.15) is 5.10 Å². The fourth-order valence-corrected chi connectivity index (χ4v) is 3.14. The van der Waals surface area contributed by atoms with Gasteiger partial charge in [0.05, 0.1) is 18.0 Å². The molecule has 7 nitrogen and oxygen atoms in total. The van der Waals surface area contributed by atoms with Gasteiger partial charge in [0, 0.05) is 35.1 Å². The minimum atomic E-state index is -0.268. The molecule has 0 unspecified atom stereocenters. The summed E-state index contributed by atoms with van der Waals surface area (Å²) >= 11 is 0. The van der Waals surface area contributed by atoms with Crippen molar-refractivity contribution in [3.8, 4) is 11.1 Å². The maximum absolute atomic E-state index is 12.6. The number of amides is 1. The number of aromatic nitrogens is 4. The Bertz CT molecular complexity index is 1340. The van der Waals surface area contributed by atoms with Gasteiger partial charge in [-0.15, -0.1) is 10.2 Å². The highest BCUT2D eigenvalue weighted by atomic mass is 16.3. The molecule has 136 valence electrons. The van der Waals surface area contributed by atoms with E-state index in [4.69, 9.17) is 4.42 Å². The Hall–Kier alpha value is -4.00. The molecule has 0 aliphatic carbocycles. The minimum Gasteiger partial charge on any atom is -0.464 e. The van der Waals surface area contributed by atoms with Crippen LogP contribution in [0.2, 0.25) is 0 Å². The van der Waals surface area contributed by atoms with E-state index in [9.17, 15) is 4.79 Å². The molecular weight excluding hydrogens is 354 g/mol. The number of benzene rings is 2. The number of carbonyl (C=O) groups excluding carboxylic acids is 1. The molecule has 0 bridgehead atoms. The number of fused-ring (bicyclic) bond motifs is 2. The zero-order valence-electron chi connectivity index (χ0n) is 15.0. The molecule has 1 N–H and O–H groups in total. The summed E-state index contributed by atoms with van der Waals surface area (Å²) in [4.78, 5) is 12.6. The molecule has 3 aromatic heterocycles. The topological polar surface area (TPSA) is 85.8 Å². The van der Waals surface area contributed by atoms with Gasteiger partial charge in [0.25, 0.3) is 5.91 Å². The Morgan fingerprint density at radius 2 is 1.93 bits per heavy atom. The van der Waals surface area contributed by atoms with Gasteiger partial charge in [-0.1, -0.05) is 12.1 Å². The van der Waals surface area contributed by atoms with Crippen molar-refractivity contribution in [3.63, 3.8) is 0 Å². The third kappa shape index (κ3) is 2.88. The van der Waals surface area contributed by atoms with Crippen LogP contribution >= 0.6 is 0 Å². The van der Waals surface area contributed by atoms with Crippen LogP contribution in [0.4, 0.5) is 5.82 Å². The lowest BCUT2D eigenvalue weighted by Crippen LogP contribution is -2.13. The van der Waals surface area contributed by atoms with Crippen LogP contribution in [0.1, 0.15) is 10.4 Å². The van der Waals surface area contributed by atoms with Gasteiger partial charge in [-0.25, -0.2) is 0 Å². The zero-order chi connectivity index (χ0) is 19.1. The van der Waals surface area contributed by atoms with Crippen LogP contribution in [-0.2, 0) is 7.05 Å². The fraction of sp³-hybridized carbons (Fsp3) is 0.0476. The number of aryl methyl sites for hydroxylation is 1. The monoisotopic (exact) mass is 369 g/mol. The number of nitrogens with one attached hydrogen (secondary N) is 1. The van der Waals surface area contributed by atoms with Crippen molar-refractivity contribution in [3.05, 3.63) is 72.8 Å². The van der Waals surface area contributed by atoms with E-state index < -0.39 is 0 Å². The van der Waals surface area contributed by atoms with Crippen LogP contribution in [0.15, 0.2) is 71.6 Å². The van der Waals surface area contributed by atoms with Crippen LogP contribution < -0.4 is 5.32 Å². The summed E-state index contributed by atoms with van der Waals surface area (Å²) in [5, 5.41) is 17.2. The van der Waals surface area contributed by atoms with Gasteiger partial charge >= 0.3 is 0 Å². The lowest BCUT2D eigenvalue weighted by atomic mass is 10.1. The van der Waals surface area contributed by atoms with E-state index in [-0.39, 0.29) is 5.91 Å². The summed E-state index contributed by atoms with van der Waals surface area (Å²) in [5.74, 6) is 0.121. The molecule has 0 saturated carbocycles. The summed E-state index contributed by atoms with van der Waals surface area (Å²) in [6, 6.07) is 14.9. The van der Waals surface area contributed by atoms with Gasteiger partial charge in [0.1, 0.15) is 5.58 Å². The Labute approximate surface area is 159 Å². The van der Waals surface area contributed by atoms with Crippen molar-refractivity contribution in [2.24, 2.45) is 7.05 Å². The summed E-state index contributed by atoms with van der Waals surface area (Å²) in [5.41, 5.74) is 3.95. The Kier molecular flexibility index (Phi) is 3.65. The van der Waals surface area contributed by atoms with Gasteiger partial charge < -0.3 is 9.73 Å². The smallest absolute Gasteiger partial charge is 0.257 e. The van der Waals surface area contributed by atoms with E-state index in [1.54, 1.807) is 23.1 Å². The number of carbonyl (C=O) groups is 1. The lowest BCUT2D eigenvalue weighted by Gasteiger charge is -2.06. The summed E-state index contributed by atoms with van der Waals surface area (Å²) < 4.78 is 7.11. The molecule has 28 heavy (non-hydrogen) atoms. The van der Waals surface area contributed by atoms with E-state index in [0.717, 1.165) is 27.4 Å². The molecule has 0 radical (unpaired) electrons. The minimum absolute atomic E-state index is 0.268. The largest absolute Gasteiger partial charge is 0.464 e. The van der Waals surface area contributed by atoms with Crippen LogP contribution in [-0.4, -0.2) is 25.9 Å². The van der Waals surface area contributed by atoms with Gasteiger partial charge in [-0.3, -0.25) is 9.48 Å². The highest BCUT2D eigenvalue weighted by Crippen LogP contribution is 2.24. The molecule has 0 fully saturated rings. The molecular formula is C21H15N5O2. The predicted octanol–water partition coefficient (Wildman–Crippen LogP) is 4.03. The van der Waals surface area contributed by atoms with Crippen LogP contribution in [0.5, 0.6) is 0 Å². The molecule has 0 aliphatic heterocycles. The van der Waals surface area contributed by atoms with E-state index in [1.807, 2.05) is 55.8 Å². The van der Waals surface area contributed by atoms with Crippen LogP contribution in [0, 0.1) is 0 Å². The second-order valence-corrected chi connectivity index (χ2v) is 6.53. The summed E-state index contributed by atoms with van der Waals surface area (Å²) in [6.45, 7) is 0. The van der Waals surface area contributed by atoms with Crippen molar-refractivity contribution in [2.45, 2.75) is 0 Å². The fourth-order valence-electron chi connectivity index (χ4n) is 3.14. The molecule has 3 heterocycles. The van der Waals surface area contributed by atoms with Crippen LogP contribution in [0.25, 0.3) is 33.0 Å². The molecule has 2 aromatic carbocycles. The van der Waals surface area contributed by atoms with Gasteiger partial charge in [0.2, 0.25) is 0 Å². The van der Waals surface area contributed by atoms with E-state index in [1.165, 1.54) is 0 Å². The average Bonchev–Trinajstić information content (AvgIpc) is 3.35. The van der Waals surface area contributed by atoms with Crippen molar-refractivity contribution in [1.29, 1.82) is 0 Å². The van der Waals surface area contributed by atoms with Crippen molar-refractivity contribution in [2.75, 3.05) is 5.32 Å². The van der Waals surface area contributed by atoms with E-state index >= 15 is 0 Å². The maximum Gasteiger partial charge on any atom is 0.257 e. The number of hydrogen-bond acceptors (Lipinski definition) is 5. The van der Waals surface area contributed by atoms with Crippen LogP contribution in [0.3, 0.4) is 0 Å². The van der Waals surface area contributed by atoms with Crippen molar-refractivity contribution in [1.82, 2.24) is 20.0 Å². The molecule has 0 saturated heterocycles. The number of anilines is 1.